The van der Waals surface area contributed by atoms with Crippen molar-refractivity contribution in [3.63, 3.8) is 0 Å². The number of anilines is 1. The van der Waals surface area contributed by atoms with Crippen molar-refractivity contribution in [2.24, 2.45) is 0 Å². The van der Waals surface area contributed by atoms with Crippen LogP contribution in [0, 0.1) is 0 Å². The summed E-state index contributed by atoms with van der Waals surface area (Å²) >= 11 is 3.56. The quantitative estimate of drug-likeness (QED) is 0.780. The summed E-state index contributed by atoms with van der Waals surface area (Å²) in [4.78, 5) is 25.8. The minimum absolute atomic E-state index is 0.0602. The van der Waals surface area contributed by atoms with Crippen LogP contribution in [-0.4, -0.2) is 43.3 Å². The summed E-state index contributed by atoms with van der Waals surface area (Å²) in [5.41, 5.74) is 0.608. The molecular weight excluding hydrogens is 386 g/mol. The molecule has 7 heteroatoms. The van der Waals surface area contributed by atoms with Crippen LogP contribution in [0.1, 0.15) is 33.6 Å². The van der Waals surface area contributed by atoms with Crippen LogP contribution in [0.25, 0.3) is 0 Å². The van der Waals surface area contributed by atoms with E-state index in [0.29, 0.717) is 0 Å². The van der Waals surface area contributed by atoms with Gasteiger partial charge in [-0.3, -0.25) is 4.79 Å². The highest BCUT2D eigenvalue weighted by Crippen LogP contribution is 2.28. The van der Waals surface area contributed by atoms with Crippen molar-refractivity contribution in [1.29, 1.82) is 0 Å². The molecule has 1 atom stereocenters. The molecule has 2 N–H and O–H groups in total. The SMILES string of the molecule is CC(C)(C)OC(=O)NCCC(=O)NC1CCN(c2ccccc2Br)C1. The topological polar surface area (TPSA) is 70.7 Å². The van der Waals surface area contributed by atoms with E-state index in [1.165, 1.54) is 0 Å². The molecule has 2 amide bonds. The molecule has 1 aromatic carbocycles. The van der Waals surface area contributed by atoms with Crippen LogP contribution in [0.2, 0.25) is 0 Å². The number of carbonyl (C=O) groups is 2. The number of para-hydroxylation sites is 1. The highest BCUT2D eigenvalue weighted by molar-refractivity contribution is 9.10. The largest absolute Gasteiger partial charge is 0.444 e. The van der Waals surface area contributed by atoms with Gasteiger partial charge in [0.25, 0.3) is 0 Å². The van der Waals surface area contributed by atoms with Gasteiger partial charge in [-0.25, -0.2) is 4.79 Å². The fraction of sp³-hybridized carbons (Fsp3) is 0.556. The van der Waals surface area contributed by atoms with Crippen molar-refractivity contribution in [1.82, 2.24) is 10.6 Å². The molecule has 25 heavy (non-hydrogen) atoms. The Hall–Kier alpha value is -1.76. The Morgan fingerprint density at radius 1 is 1.32 bits per heavy atom. The second-order valence-corrected chi connectivity index (χ2v) is 7.98. The molecule has 1 unspecified atom stereocenters. The molecule has 1 heterocycles. The highest BCUT2D eigenvalue weighted by Gasteiger charge is 2.25. The number of nitrogens with one attached hydrogen (secondary N) is 2. The highest BCUT2D eigenvalue weighted by atomic mass is 79.9. The molecular formula is C18H26BrN3O3. The van der Waals surface area contributed by atoms with Gasteiger partial charge in [0.2, 0.25) is 5.91 Å². The summed E-state index contributed by atoms with van der Waals surface area (Å²) < 4.78 is 6.19. The molecule has 0 radical (unpaired) electrons. The number of rotatable bonds is 5. The standard InChI is InChI=1S/C18H26BrN3O3/c1-18(2,3)25-17(24)20-10-8-16(23)21-13-9-11-22(12-13)15-7-5-4-6-14(15)19/h4-7,13H,8-12H2,1-3H3,(H,20,24)(H,21,23). The first-order chi connectivity index (χ1) is 11.7. The predicted molar refractivity (Wildman–Crippen MR) is 102 cm³/mol. The van der Waals surface area contributed by atoms with E-state index < -0.39 is 11.7 Å². The lowest BCUT2D eigenvalue weighted by Gasteiger charge is -2.20. The maximum Gasteiger partial charge on any atom is 0.407 e. The first kappa shape index (κ1) is 19.6. The number of carbonyl (C=O) groups excluding carboxylic acids is 2. The third kappa shape index (κ3) is 6.57. The van der Waals surface area contributed by atoms with Gasteiger partial charge in [-0.2, -0.15) is 0 Å². The Morgan fingerprint density at radius 2 is 2.04 bits per heavy atom. The molecule has 0 aromatic heterocycles. The van der Waals surface area contributed by atoms with Crippen molar-refractivity contribution < 1.29 is 14.3 Å². The average molecular weight is 412 g/mol. The first-order valence-electron chi connectivity index (χ1n) is 8.50. The van der Waals surface area contributed by atoms with E-state index in [-0.39, 0.29) is 24.9 Å². The van der Waals surface area contributed by atoms with E-state index in [9.17, 15) is 9.59 Å². The zero-order valence-corrected chi connectivity index (χ0v) is 16.6. The van der Waals surface area contributed by atoms with Crippen LogP contribution in [0.5, 0.6) is 0 Å². The molecule has 0 aliphatic carbocycles. The maximum absolute atomic E-state index is 12.0. The number of halogens is 1. The summed E-state index contributed by atoms with van der Waals surface area (Å²) in [5.74, 6) is -0.0602. The van der Waals surface area contributed by atoms with E-state index in [2.05, 4.69) is 37.5 Å². The number of amides is 2. The van der Waals surface area contributed by atoms with E-state index in [0.717, 1.165) is 29.7 Å². The Kier molecular flexibility index (Phi) is 6.70. The average Bonchev–Trinajstić information content (AvgIpc) is 2.94. The van der Waals surface area contributed by atoms with Crippen LogP contribution in [0.15, 0.2) is 28.7 Å². The first-order valence-corrected chi connectivity index (χ1v) is 9.29. The number of hydrogen-bond donors (Lipinski definition) is 2. The molecule has 0 saturated carbocycles. The molecule has 2 rings (SSSR count). The van der Waals surface area contributed by atoms with E-state index >= 15 is 0 Å². The Morgan fingerprint density at radius 3 is 2.72 bits per heavy atom. The lowest BCUT2D eigenvalue weighted by atomic mass is 10.2. The van der Waals surface area contributed by atoms with Crippen molar-refractivity contribution in [3.8, 4) is 0 Å². The van der Waals surface area contributed by atoms with Crippen molar-refractivity contribution in [2.45, 2.75) is 45.3 Å². The van der Waals surface area contributed by atoms with Crippen LogP contribution in [-0.2, 0) is 9.53 Å². The summed E-state index contributed by atoms with van der Waals surface area (Å²) in [6.45, 7) is 7.36. The number of benzene rings is 1. The van der Waals surface area contributed by atoms with E-state index in [1.54, 1.807) is 20.8 Å². The van der Waals surface area contributed by atoms with Crippen molar-refractivity contribution >= 4 is 33.6 Å². The number of alkyl carbamates (subject to hydrolysis) is 1. The summed E-state index contributed by atoms with van der Waals surface area (Å²) in [5, 5.41) is 5.63. The molecule has 0 spiro atoms. The van der Waals surface area contributed by atoms with Crippen molar-refractivity contribution in [3.05, 3.63) is 28.7 Å². The Balaban J connectivity index is 1.70. The summed E-state index contributed by atoms with van der Waals surface area (Å²) in [6.07, 6.45) is 0.651. The molecule has 1 aliphatic rings. The molecule has 138 valence electrons. The minimum Gasteiger partial charge on any atom is -0.444 e. The zero-order valence-electron chi connectivity index (χ0n) is 15.0. The summed E-state index contributed by atoms with van der Waals surface area (Å²) in [7, 11) is 0. The van der Waals surface area contributed by atoms with Gasteiger partial charge in [0.05, 0.1) is 5.69 Å². The van der Waals surface area contributed by atoms with Crippen LogP contribution >= 0.6 is 15.9 Å². The fourth-order valence-corrected chi connectivity index (χ4v) is 3.23. The van der Waals surface area contributed by atoms with Gasteiger partial charge < -0.3 is 20.3 Å². The van der Waals surface area contributed by atoms with Crippen LogP contribution in [0.4, 0.5) is 10.5 Å². The van der Waals surface area contributed by atoms with Gasteiger partial charge in [0.1, 0.15) is 5.60 Å². The number of hydrogen-bond acceptors (Lipinski definition) is 4. The molecule has 1 aliphatic heterocycles. The molecule has 0 bridgehead atoms. The molecule has 1 fully saturated rings. The smallest absolute Gasteiger partial charge is 0.407 e. The van der Waals surface area contributed by atoms with Crippen molar-refractivity contribution in [2.75, 3.05) is 24.5 Å². The monoisotopic (exact) mass is 411 g/mol. The molecule has 1 aromatic rings. The van der Waals surface area contributed by atoms with Gasteiger partial charge in [0, 0.05) is 36.6 Å². The third-order valence-electron chi connectivity index (χ3n) is 3.77. The zero-order chi connectivity index (χ0) is 18.4. The van der Waals surface area contributed by atoms with Gasteiger partial charge >= 0.3 is 6.09 Å². The van der Waals surface area contributed by atoms with E-state index in [4.69, 9.17) is 4.74 Å². The summed E-state index contributed by atoms with van der Waals surface area (Å²) in [6, 6.07) is 8.21. The lowest BCUT2D eigenvalue weighted by Crippen LogP contribution is -2.39. The minimum atomic E-state index is -0.536. The van der Waals surface area contributed by atoms with Gasteiger partial charge in [-0.15, -0.1) is 0 Å². The van der Waals surface area contributed by atoms with Crippen LogP contribution < -0.4 is 15.5 Å². The lowest BCUT2D eigenvalue weighted by molar-refractivity contribution is -0.121. The van der Waals surface area contributed by atoms with Gasteiger partial charge in [0.15, 0.2) is 0 Å². The molecule has 6 nitrogen and oxygen atoms in total. The maximum atomic E-state index is 12.0. The predicted octanol–water partition coefficient (Wildman–Crippen LogP) is 3.06. The second-order valence-electron chi connectivity index (χ2n) is 7.13. The Labute approximate surface area is 157 Å². The van der Waals surface area contributed by atoms with E-state index in [1.807, 2.05) is 18.2 Å². The Bertz CT molecular complexity index is 616. The van der Waals surface area contributed by atoms with Gasteiger partial charge in [-0.1, -0.05) is 12.1 Å². The molecule has 1 saturated heterocycles. The number of ether oxygens (including phenoxy) is 1. The number of nitrogens with zero attached hydrogens (tertiary/aromatic N) is 1. The fourth-order valence-electron chi connectivity index (χ4n) is 2.70. The van der Waals surface area contributed by atoms with Crippen LogP contribution in [0.3, 0.4) is 0 Å². The van der Waals surface area contributed by atoms with Gasteiger partial charge in [-0.05, 0) is 55.3 Å². The third-order valence-corrected chi connectivity index (χ3v) is 4.44. The normalized spacial score (nSPS) is 17.3. The second kappa shape index (κ2) is 8.56.